The molecule has 148 valence electrons. The van der Waals surface area contributed by atoms with E-state index in [2.05, 4.69) is 5.32 Å². The quantitative estimate of drug-likeness (QED) is 0.190. The van der Waals surface area contributed by atoms with Crippen molar-refractivity contribution in [3.8, 4) is 17.2 Å². The van der Waals surface area contributed by atoms with Gasteiger partial charge in [0.25, 0.3) is 0 Å². The Morgan fingerprint density at radius 1 is 1.21 bits per heavy atom. The lowest BCUT2D eigenvalue weighted by Crippen LogP contribution is -2.32. The Morgan fingerprint density at radius 3 is 2.50 bits per heavy atom. The lowest BCUT2D eigenvalue weighted by Gasteiger charge is -2.16. The summed E-state index contributed by atoms with van der Waals surface area (Å²) in [6.45, 7) is 1.97. The Labute approximate surface area is 161 Å². The zero-order valence-electron chi connectivity index (χ0n) is 15.3. The number of aldehydes is 1. The van der Waals surface area contributed by atoms with E-state index in [0.717, 1.165) is 11.6 Å². The summed E-state index contributed by atoms with van der Waals surface area (Å²) in [5.41, 5.74) is 7.35. The summed E-state index contributed by atoms with van der Waals surface area (Å²) >= 11 is 0. The molecule has 0 amide bonds. The number of anilines is 1. The first-order valence-corrected chi connectivity index (χ1v) is 8.44. The summed E-state index contributed by atoms with van der Waals surface area (Å²) in [6.07, 6.45) is 1.67. The number of phenolic OH excluding ortho intramolecular Hbond substituents is 2. The third-order valence-corrected chi connectivity index (χ3v) is 3.93. The van der Waals surface area contributed by atoms with Crippen LogP contribution in [0.1, 0.15) is 11.1 Å². The second-order valence-corrected chi connectivity index (χ2v) is 6.20. The second kappa shape index (κ2) is 9.43. The van der Waals surface area contributed by atoms with Gasteiger partial charge in [-0.3, -0.25) is 9.59 Å². The van der Waals surface area contributed by atoms with Gasteiger partial charge in [0, 0.05) is 18.6 Å². The minimum absolute atomic E-state index is 0.0199. The van der Waals surface area contributed by atoms with Gasteiger partial charge in [-0.2, -0.15) is 0 Å². The molecular weight excluding hydrogens is 364 g/mol. The van der Waals surface area contributed by atoms with Crippen molar-refractivity contribution in [1.29, 1.82) is 0 Å². The number of allylic oxidation sites excluding steroid dienone is 1. The molecule has 2 rings (SSSR count). The summed E-state index contributed by atoms with van der Waals surface area (Å²) in [7, 11) is 0. The number of aryl methyl sites for hydroxylation is 1. The highest BCUT2D eigenvalue weighted by Crippen LogP contribution is 2.33. The molecule has 8 nitrogen and oxygen atoms in total. The number of hydrogen-bond donors (Lipinski definition) is 5. The molecular formula is C20H22N2O6. The van der Waals surface area contributed by atoms with Crippen LogP contribution in [0, 0.1) is 6.92 Å². The average Bonchev–Trinajstić information content (AvgIpc) is 2.64. The van der Waals surface area contributed by atoms with Gasteiger partial charge in [-0.25, -0.2) is 0 Å². The van der Waals surface area contributed by atoms with Crippen LogP contribution in [-0.2, 0) is 16.0 Å². The minimum Gasteiger partial charge on any atom is -0.508 e. The fourth-order valence-corrected chi connectivity index (χ4v) is 2.39. The van der Waals surface area contributed by atoms with Crippen molar-refractivity contribution in [3.05, 3.63) is 59.3 Å². The smallest absolute Gasteiger partial charge is 0.320 e. The largest absolute Gasteiger partial charge is 0.508 e. The number of carbonyl (C=O) groups is 2. The monoisotopic (exact) mass is 386 g/mol. The highest BCUT2D eigenvalue weighted by Gasteiger charge is 2.17. The Bertz CT molecular complexity index is 877. The number of carboxylic acids is 1. The van der Waals surface area contributed by atoms with E-state index in [1.54, 1.807) is 12.1 Å². The number of hydrogen-bond acceptors (Lipinski definition) is 7. The standard InChI is InChI=1S/C20H22N2O6/c1-12-2-4-15(5-3-12)28-11-14(6-7-23)22-17-9-13(8-16(21)20(26)27)18(24)10-19(17)25/h2-7,9-10,16,22,24-25H,8,11,21H2,1H3,(H,26,27)/b14-6+/t16-/m0/s1. The molecule has 0 saturated carbocycles. The minimum atomic E-state index is -1.21. The summed E-state index contributed by atoms with van der Waals surface area (Å²) in [5, 5.41) is 31.8. The lowest BCUT2D eigenvalue weighted by molar-refractivity contribution is -0.138. The molecule has 28 heavy (non-hydrogen) atoms. The average molecular weight is 386 g/mol. The second-order valence-electron chi connectivity index (χ2n) is 6.20. The van der Waals surface area contributed by atoms with E-state index < -0.39 is 12.0 Å². The number of carboxylic acid groups (broad SMARTS) is 1. The van der Waals surface area contributed by atoms with Crippen molar-refractivity contribution in [1.82, 2.24) is 0 Å². The number of nitrogens with two attached hydrogens (primary N) is 1. The van der Waals surface area contributed by atoms with Crippen molar-refractivity contribution < 1.29 is 29.6 Å². The van der Waals surface area contributed by atoms with Gasteiger partial charge >= 0.3 is 5.97 Å². The fourth-order valence-electron chi connectivity index (χ4n) is 2.39. The summed E-state index contributed by atoms with van der Waals surface area (Å²) in [5.74, 6) is -1.17. The van der Waals surface area contributed by atoms with Crippen LogP contribution in [0.3, 0.4) is 0 Å². The molecule has 0 aliphatic carbocycles. The molecule has 0 aliphatic rings. The lowest BCUT2D eigenvalue weighted by atomic mass is 10.0. The van der Waals surface area contributed by atoms with E-state index >= 15 is 0 Å². The first-order valence-electron chi connectivity index (χ1n) is 8.44. The van der Waals surface area contributed by atoms with Gasteiger partial charge < -0.3 is 31.1 Å². The normalized spacial score (nSPS) is 12.3. The molecule has 0 aliphatic heterocycles. The van der Waals surface area contributed by atoms with Gasteiger partial charge in [0.15, 0.2) is 0 Å². The topological polar surface area (TPSA) is 142 Å². The molecule has 0 aromatic heterocycles. The first kappa shape index (κ1) is 20.8. The Kier molecular flexibility index (Phi) is 7.00. The Morgan fingerprint density at radius 2 is 1.89 bits per heavy atom. The maximum absolute atomic E-state index is 10.9. The number of aromatic hydroxyl groups is 2. The number of aliphatic carboxylic acids is 1. The van der Waals surface area contributed by atoms with Crippen LogP contribution in [-0.4, -0.2) is 40.2 Å². The van der Waals surface area contributed by atoms with Crippen molar-refractivity contribution in [3.63, 3.8) is 0 Å². The van der Waals surface area contributed by atoms with E-state index in [1.165, 1.54) is 12.1 Å². The SMILES string of the molecule is Cc1ccc(OC/C(=C\C=O)Nc2cc(C[C@H](N)C(=O)O)c(O)cc2O)cc1. The Balaban J connectivity index is 2.17. The van der Waals surface area contributed by atoms with Crippen molar-refractivity contribution in [2.45, 2.75) is 19.4 Å². The van der Waals surface area contributed by atoms with Crippen LogP contribution in [0.25, 0.3) is 0 Å². The van der Waals surface area contributed by atoms with Crippen molar-refractivity contribution >= 4 is 17.9 Å². The van der Waals surface area contributed by atoms with Crippen molar-refractivity contribution in [2.75, 3.05) is 11.9 Å². The highest BCUT2D eigenvalue weighted by molar-refractivity contribution is 5.74. The van der Waals surface area contributed by atoms with Gasteiger partial charge in [0.2, 0.25) is 0 Å². The van der Waals surface area contributed by atoms with Crippen LogP contribution in [0.2, 0.25) is 0 Å². The third-order valence-electron chi connectivity index (χ3n) is 3.93. The van der Waals surface area contributed by atoms with Gasteiger partial charge in [0.05, 0.1) is 11.4 Å². The molecule has 2 aromatic carbocycles. The molecule has 8 heteroatoms. The van der Waals surface area contributed by atoms with Gasteiger partial charge in [-0.1, -0.05) is 17.7 Å². The first-order chi connectivity index (χ1) is 13.3. The van der Waals surface area contributed by atoms with E-state index in [-0.39, 0.29) is 35.8 Å². The summed E-state index contributed by atoms with van der Waals surface area (Å²) < 4.78 is 5.62. The maximum atomic E-state index is 10.9. The molecule has 1 atom stereocenters. The van der Waals surface area contributed by atoms with Crippen LogP contribution in [0.15, 0.2) is 48.2 Å². The van der Waals surface area contributed by atoms with E-state index in [0.29, 0.717) is 17.7 Å². The van der Waals surface area contributed by atoms with Crippen LogP contribution in [0.5, 0.6) is 17.2 Å². The zero-order valence-corrected chi connectivity index (χ0v) is 15.3. The van der Waals surface area contributed by atoms with Crippen molar-refractivity contribution in [2.24, 2.45) is 5.73 Å². The summed E-state index contributed by atoms with van der Waals surface area (Å²) in [6, 6.07) is 8.59. The van der Waals surface area contributed by atoms with E-state index in [4.69, 9.17) is 15.6 Å². The molecule has 0 radical (unpaired) electrons. The number of phenols is 2. The van der Waals surface area contributed by atoms with Crippen LogP contribution < -0.4 is 15.8 Å². The molecule has 0 saturated heterocycles. The van der Waals surface area contributed by atoms with E-state index in [9.17, 15) is 19.8 Å². The van der Waals surface area contributed by atoms with Gasteiger partial charge in [0.1, 0.15) is 36.2 Å². The number of nitrogens with one attached hydrogen (secondary N) is 1. The fraction of sp³-hybridized carbons (Fsp3) is 0.200. The predicted octanol–water partition coefficient (Wildman–Crippen LogP) is 1.93. The third kappa shape index (κ3) is 5.75. The molecule has 0 heterocycles. The molecule has 0 fully saturated rings. The zero-order chi connectivity index (χ0) is 20.7. The van der Waals surface area contributed by atoms with Gasteiger partial charge in [-0.15, -0.1) is 0 Å². The number of benzene rings is 2. The van der Waals surface area contributed by atoms with E-state index in [1.807, 2.05) is 19.1 Å². The molecule has 0 spiro atoms. The summed E-state index contributed by atoms with van der Waals surface area (Å²) in [4.78, 5) is 21.9. The number of carbonyl (C=O) groups excluding carboxylic acids is 1. The van der Waals surface area contributed by atoms with Gasteiger partial charge in [-0.05, 0) is 30.7 Å². The molecule has 6 N–H and O–H groups in total. The van der Waals surface area contributed by atoms with Crippen LogP contribution in [0.4, 0.5) is 5.69 Å². The highest BCUT2D eigenvalue weighted by atomic mass is 16.5. The predicted molar refractivity (Wildman–Crippen MR) is 104 cm³/mol. The number of ether oxygens (including phenoxy) is 1. The molecule has 2 aromatic rings. The maximum Gasteiger partial charge on any atom is 0.320 e. The number of rotatable bonds is 9. The molecule has 0 unspecified atom stereocenters. The van der Waals surface area contributed by atoms with Crippen LogP contribution >= 0.6 is 0 Å². The molecule has 0 bridgehead atoms. The Hall–Kier alpha value is -3.52.